The summed E-state index contributed by atoms with van der Waals surface area (Å²) in [6.07, 6.45) is -4.86. The van der Waals surface area contributed by atoms with Gasteiger partial charge < -0.3 is 14.9 Å². The molecule has 0 bridgehead atoms. The Morgan fingerprint density at radius 2 is 1.12 bits per heavy atom. The van der Waals surface area contributed by atoms with Gasteiger partial charge in [-0.15, -0.1) is 0 Å². The smallest absolute Gasteiger partial charge is 0.378 e. The average molecular weight is 338 g/mol. The summed E-state index contributed by atoms with van der Waals surface area (Å²) in [6.45, 7) is 0. The lowest BCUT2D eigenvalue weighted by atomic mass is 9.85. The zero-order valence-corrected chi connectivity index (χ0v) is 14.1. The molecular weight excluding hydrogens is 317 g/mol. The van der Waals surface area contributed by atoms with Crippen molar-refractivity contribution in [3.63, 3.8) is 0 Å². The van der Waals surface area contributed by atoms with Crippen LogP contribution in [-0.4, -0.2) is 39.5 Å². The van der Waals surface area contributed by atoms with E-state index in [1.807, 2.05) is 0 Å². The molecular formula is C18H21F3N2O. The van der Waals surface area contributed by atoms with E-state index in [0.29, 0.717) is 11.4 Å². The highest BCUT2D eigenvalue weighted by atomic mass is 19.4. The van der Waals surface area contributed by atoms with Crippen LogP contribution in [0, 0.1) is 0 Å². The fourth-order valence-electron chi connectivity index (χ4n) is 2.51. The molecule has 24 heavy (non-hydrogen) atoms. The second-order valence-electron chi connectivity index (χ2n) is 6.10. The third-order valence-electron chi connectivity index (χ3n) is 3.97. The molecule has 0 fully saturated rings. The fourth-order valence-corrected chi connectivity index (χ4v) is 2.51. The van der Waals surface area contributed by atoms with Gasteiger partial charge in [-0.1, -0.05) is 24.3 Å². The van der Waals surface area contributed by atoms with E-state index in [2.05, 4.69) is 0 Å². The molecule has 0 amide bonds. The summed E-state index contributed by atoms with van der Waals surface area (Å²) in [4.78, 5) is 3.38. The minimum Gasteiger partial charge on any atom is -0.378 e. The lowest BCUT2D eigenvalue weighted by Gasteiger charge is -2.33. The zero-order valence-electron chi connectivity index (χ0n) is 14.1. The highest BCUT2D eigenvalue weighted by Crippen LogP contribution is 2.45. The van der Waals surface area contributed by atoms with Gasteiger partial charge in [0.05, 0.1) is 0 Å². The van der Waals surface area contributed by atoms with Crippen molar-refractivity contribution in [2.24, 2.45) is 0 Å². The van der Waals surface area contributed by atoms with E-state index in [1.165, 1.54) is 36.4 Å². The average Bonchev–Trinajstić information content (AvgIpc) is 2.53. The van der Waals surface area contributed by atoms with Gasteiger partial charge in [-0.25, -0.2) is 0 Å². The first-order valence-corrected chi connectivity index (χ1v) is 7.42. The first kappa shape index (κ1) is 18.1. The molecule has 2 rings (SSSR count). The molecule has 2 aromatic carbocycles. The summed E-state index contributed by atoms with van der Waals surface area (Å²) in [5.74, 6) is 0. The van der Waals surface area contributed by atoms with Crippen molar-refractivity contribution in [3.05, 3.63) is 59.7 Å². The molecule has 1 N–H and O–H groups in total. The number of aliphatic hydroxyl groups is 1. The quantitative estimate of drug-likeness (QED) is 0.922. The van der Waals surface area contributed by atoms with E-state index >= 15 is 0 Å². The van der Waals surface area contributed by atoms with Gasteiger partial charge >= 0.3 is 6.18 Å². The fraction of sp³-hybridized carbons (Fsp3) is 0.333. The molecule has 0 spiro atoms. The predicted molar refractivity (Wildman–Crippen MR) is 90.6 cm³/mol. The Bertz CT molecular complexity index is 660. The SMILES string of the molecule is CN(C)c1cccc(C(O)(c2cccc(N(C)C)c2)C(F)(F)F)c1. The number of rotatable bonds is 4. The van der Waals surface area contributed by atoms with Crippen LogP contribution in [0.25, 0.3) is 0 Å². The Morgan fingerprint density at radius 3 is 1.42 bits per heavy atom. The molecule has 0 unspecified atom stereocenters. The Hall–Kier alpha value is -2.21. The number of anilines is 2. The van der Waals surface area contributed by atoms with E-state index in [9.17, 15) is 18.3 Å². The van der Waals surface area contributed by atoms with Crippen LogP contribution in [0.2, 0.25) is 0 Å². The van der Waals surface area contributed by atoms with Crippen LogP contribution < -0.4 is 9.80 Å². The van der Waals surface area contributed by atoms with Gasteiger partial charge in [-0.3, -0.25) is 0 Å². The van der Waals surface area contributed by atoms with Crippen molar-refractivity contribution in [1.82, 2.24) is 0 Å². The highest BCUT2D eigenvalue weighted by molar-refractivity contribution is 5.54. The van der Waals surface area contributed by atoms with Crippen molar-refractivity contribution in [1.29, 1.82) is 0 Å². The maximum absolute atomic E-state index is 13.9. The first-order valence-electron chi connectivity index (χ1n) is 7.42. The first-order chi connectivity index (χ1) is 11.1. The lowest BCUT2D eigenvalue weighted by Crippen LogP contribution is -2.43. The van der Waals surface area contributed by atoms with Crippen LogP contribution in [0.5, 0.6) is 0 Å². The van der Waals surface area contributed by atoms with E-state index in [4.69, 9.17) is 0 Å². The van der Waals surface area contributed by atoms with Gasteiger partial charge in [0.1, 0.15) is 0 Å². The molecule has 0 aliphatic heterocycles. The third kappa shape index (κ3) is 3.19. The summed E-state index contributed by atoms with van der Waals surface area (Å²) in [6, 6.07) is 11.7. The zero-order chi connectivity index (χ0) is 18.1. The van der Waals surface area contributed by atoms with Crippen molar-refractivity contribution >= 4 is 11.4 Å². The summed E-state index contributed by atoms with van der Waals surface area (Å²) in [7, 11) is 6.94. The number of halogens is 3. The van der Waals surface area contributed by atoms with Crippen LogP contribution >= 0.6 is 0 Å². The maximum atomic E-state index is 13.9. The van der Waals surface area contributed by atoms with Crippen molar-refractivity contribution in [2.45, 2.75) is 11.8 Å². The molecule has 0 aliphatic carbocycles. The minimum atomic E-state index is -4.86. The molecule has 3 nitrogen and oxygen atoms in total. The molecule has 2 aromatic rings. The second kappa shape index (κ2) is 6.36. The number of hydrogen-bond donors (Lipinski definition) is 1. The number of benzene rings is 2. The monoisotopic (exact) mass is 338 g/mol. The number of hydrogen-bond acceptors (Lipinski definition) is 3. The predicted octanol–water partition coefficient (Wildman–Crippen LogP) is 3.62. The van der Waals surface area contributed by atoms with E-state index < -0.39 is 11.8 Å². The second-order valence-corrected chi connectivity index (χ2v) is 6.10. The van der Waals surface area contributed by atoms with Gasteiger partial charge in [-0.05, 0) is 35.4 Å². The molecule has 0 atom stereocenters. The van der Waals surface area contributed by atoms with Crippen LogP contribution in [0.15, 0.2) is 48.5 Å². The maximum Gasteiger partial charge on any atom is 0.425 e. The number of alkyl halides is 3. The highest BCUT2D eigenvalue weighted by Gasteiger charge is 2.56. The summed E-state index contributed by atoms with van der Waals surface area (Å²) < 4.78 is 41.6. The molecule has 0 aliphatic rings. The molecule has 0 aromatic heterocycles. The lowest BCUT2D eigenvalue weighted by molar-refractivity contribution is -0.248. The topological polar surface area (TPSA) is 26.7 Å². The van der Waals surface area contributed by atoms with Crippen molar-refractivity contribution < 1.29 is 18.3 Å². The normalized spacial score (nSPS) is 12.2. The minimum absolute atomic E-state index is 0.211. The Balaban J connectivity index is 2.68. The molecule has 130 valence electrons. The van der Waals surface area contributed by atoms with Gasteiger partial charge in [0.25, 0.3) is 0 Å². The van der Waals surface area contributed by atoms with E-state index in [-0.39, 0.29) is 11.1 Å². The van der Waals surface area contributed by atoms with E-state index in [0.717, 1.165) is 0 Å². The van der Waals surface area contributed by atoms with Gasteiger partial charge in [0, 0.05) is 39.6 Å². The summed E-state index contributed by atoms with van der Waals surface area (Å²) in [5, 5.41) is 10.7. The number of nitrogens with zero attached hydrogens (tertiary/aromatic N) is 2. The third-order valence-corrected chi connectivity index (χ3v) is 3.97. The van der Waals surface area contributed by atoms with Gasteiger partial charge in [0.15, 0.2) is 0 Å². The summed E-state index contributed by atoms with van der Waals surface area (Å²) >= 11 is 0. The Morgan fingerprint density at radius 1 is 0.750 bits per heavy atom. The van der Waals surface area contributed by atoms with Crippen LogP contribution in [0.1, 0.15) is 11.1 Å². The van der Waals surface area contributed by atoms with E-state index in [1.54, 1.807) is 50.1 Å². The van der Waals surface area contributed by atoms with Crippen LogP contribution in [-0.2, 0) is 5.60 Å². The van der Waals surface area contributed by atoms with Crippen molar-refractivity contribution in [3.8, 4) is 0 Å². The Labute approximate surface area is 139 Å². The Kier molecular flexibility index (Phi) is 4.80. The molecule has 0 radical (unpaired) electrons. The van der Waals surface area contributed by atoms with Crippen LogP contribution in [0.3, 0.4) is 0 Å². The molecule has 0 saturated carbocycles. The van der Waals surface area contributed by atoms with Crippen molar-refractivity contribution in [2.75, 3.05) is 38.0 Å². The van der Waals surface area contributed by atoms with Gasteiger partial charge in [-0.2, -0.15) is 13.2 Å². The largest absolute Gasteiger partial charge is 0.425 e. The molecule has 0 saturated heterocycles. The van der Waals surface area contributed by atoms with Crippen LogP contribution in [0.4, 0.5) is 24.5 Å². The standard InChI is InChI=1S/C18H21F3N2O/c1-22(2)15-9-5-7-13(11-15)17(24,18(19,20)21)14-8-6-10-16(12-14)23(3)4/h5-12,24H,1-4H3. The summed E-state index contributed by atoms with van der Waals surface area (Å²) in [5.41, 5.74) is -2.34. The molecule has 0 heterocycles. The van der Waals surface area contributed by atoms with Gasteiger partial charge in [0.2, 0.25) is 5.60 Å². The molecule has 6 heteroatoms.